The minimum Gasteiger partial charge on any atom is -0.481 e. The predicted molar refractivity (Wildman–Crippen MR) is 192 cm³/mol. The predicted octanol–water partition coefficient (Wildman–Crippen LogP) is 3.57. The van der Waals surface area contributed by atoms with Gasteiger partial charge in [0.05, 0.1) is 30.1 Å². The molecule has 0 aliphatic carbocycles. The Morgan fingerprint density at radius 1 is 1.08 bits per heavy atom. The second-order valence-electron chi connectivity index (χ2n) is 13.8. The van der Waals surface area contributed by atoms with Gasteiger partial charge in [-0.1, -0.05) is 63.9 Å². The van der Waals surface area contributed by atoms with Crippen molar-refractivity contribution in [3.05, 3.63) is 52.0 Å². The standard InChI is InChI=1S/C36H53N7O6S/c1-7-21(2)30(41-32(45)28-15-11-12-16-42(28)6)33(46)39-26-19-29(43(23(26)4)36(49)37-5)34-40-27(20-50-34)31(44)38-25(17-22(3)35(47)48)18-24-13-9-8-10-14-24/h8-10,13-14,20-23,25-26,28-30H,7,11-12,15-19H2,1-6H3,(H,37,49)(H,38,44)(H,39,46)(H,41,45)(H,47,48)/t21-,22-,23?,25+,26+,28+,29+,30-/m0/s1. The molecule has 2 aromatic rings. The number of carboxylic acid groups (broad SMARTS) is 1. The number of carbonyl (C=O) groups is 5. The number of benzene rings is 1. The molecule has 3 heterocycles. The largest absolute Gasteiger partial charge is 0.481 e. The number of amides is 5. The van der Waals surface area contributed by atoms with Gasteiger partial charge in [-0.25, -0.2) is 9.78 Å². The molecular formula is C36H53N7O6S. The highest BCUT2D eigenvalue weighted by Gasteiger charge is 2.45. The molecule has 274 valence electrons. The van der Waals surface area contributed by atoms with Crippen LogP contribution in [0.2, 0.25) is 0 Å². The number of hydrogen-bond acceptors (Lipinski definition) is 8. The van der Waals surface area contributed by atoms with E-state index in [0.29, 0.717) is 24.3 Å². The van der Waals surface area contributed by atoms with Gasteiger partial charge in [0.15, 0.2) is 0 Å². The SMILES string of the molecule is CC[C@H](C)[C@H](NC(=O)[C@H]1CCCCN1C)C(=O)N[C@@H]1C[C@H](c2nc(C(=O)N[C@@H](Cc3ccccc3)C[C@H](C)C(=O)O)cs2)N(C(=O)NC)C1C. The second kappa shape index (κ2) is 17.8. The number of carbonyl (C=O) groups excluding carboxylic acids is 4. The van der Waals surface area contributed by atoms with E-state index >= 15 is 0 Å². The highest BCUT2D eigenvalue weighted by atomic mass is 32.1. The number of carboxylic acids is 1. The molecule has 0 bridgehead atoms. The number of rotatable bonds is 14. The summed E-state index contributed by atoms with van der Waals surface area (Å²) in [5, 5.41) is 23.6. The maximum absolute atomic E-state index is 13.8. The van der Waals surface area contributed by atoms with E-state index in [1.807, 2.05) is 63.1 Å². The van der Waals surface area contributed by atoms with Gasteiger partial charge in [0.1, 0.15) is 16.7 Å². The van der Waals surface area contributed by atoms with Crippen molar-refractivity contribution in [2.45, 2.75) is 109 Å². The van der Waals surface area contributed by atoms with Crippen LogP contribution in [0.25, 0.3) is 0 Å². The number of nitrogens with zero attached hydrogens (tertiary/aromatic N) is 3. The number of urea groups is 1. The molecule has 2 saturated heterocycles. The van der Waals surface area contributed by atoms with Crippen LogP contribution in [0.4, 0.5) is 4.79 Å². The molecule has 1 unspecified atom stereocenters. The van der Waals surface area contributed by atoms with Gasteiger partial charge < -0.3 is 31.3 Å². The number of aliphatic carboxylic acids is 1. The Labute approximate surface area is 299 Å². The first-order chi connectivity index (χ1) is 23.8. The van der Waals surface area contributed by atoms with E-state index in [-0.39, 0.29) is 41.9 Å². The summed E-state index contributed by atoms with van der Waals surface area (Å²) in [5.41, 5.74) is 1.15. The number of likely N-dealkylation sites (N-methyl/N-ethyl adjacent to an activating group) is 1. The van der Waals surface area contributed by atoms with Gasteiger partial charge in [0.2, 0.25) is 11.8 Å². The van der Waals surface area contributed by atoms with Crippen molar-refractivity contribution in [2.75, 3.05) is 20.6 Å². The number of likely N-dealkylation sites (tertiary alicyclic amines) is 2. The van der Waals surface area contributed by atoms with Crippen molar-refractivity contribution in [3.63, 3.8) is 0 Å². The van der Waals surface area contributed by atoms with Crippen molar-refractivity contribution >= 4 is 41.1 Å². The Hall–Kier alpha value is -4.04. The quantitative estimate of drug-likeness (QED) is 0.198. The lowest BCUT2D eigenvalue weighted by molar-refractivity contribution is -0.141. The molecule has 8 atom stereocenters. The molecular weight excluding hydrogens is 659 g/mol. The van der Waals surface area contributed by atoms with Crippen molar-refractivity contribution in [3.8, 4) is 0 Å². The van der Waals surface area contributed by atoms with Crippen LogP contribution in [0, 0.1) is 11.8 Å². The molecule has 5 amide bonds. The highest BCUT2D eigenvalue weighted by molar-refractivity contribution is 7.09. The normalized spacial score (nSPS) is 23.3. The van der Waals surface area contributed by atoms with E-state index in [4.69, 9.17) is 0 Å². The number of piperidine rings is 1. The van der Waals surface area contributed by atoms with Crippen molar-refractivity contribution < 1.29 is 29.1 Å². The second-order valence-corrected chi connectivity index (χ2v) is 14.7. The summed E-state index contributed by atoms with van der Waals surface area (Å²) in [5.74, 6) is -2.57. The first-order valence-corrected chi connectivity index (χ1v) is 18.6. The number of nitrogens with one attached hydrogen (secondary N) is 4. The molecule has 0 radical (unpaired) electrons. The van der Waals surface area contributed by atoms with Gasteiger partial charge in [0, 0.05) is 18.5 Å². The van der Waals surface area contributed by atoms with Crippen molar-refractivity contribution in [1.82, 2.24) is 36.1 Å². The summed E-state index contributed by atoms with van der Waals surface area (Å²) < 4.78 is 0. The molecule has 50 heavy (non-hydrogen) atoms. The summed E-state index contributed by atoms with van der Waals surface area (Å²) >= 11 is 1.26. The first-order valence-electron chi connectivity index (χ1n) is 17.7. The average Bonchev–Trinajstić information content (AvgIpc) is 3.72. The van der Waals surface area contributed by atoms with Crippen LogP contribution < -0.4 is 21.3 Å². The highest BCUT2D eigenvalue weighted by Crippen LogP contribution is 2.38. The molecule has 14 heteroatoms. The molecule has 5 N–H and O–H groups in total. The van der Waals surface area contributed by atoms with Crippen molar-refractivity contribution in [1.29, 1.82) is 0 Å². The zero-order valence-electron chi connectivity index (χ0n) is 30.0. The summed E-state index contributed by atoms with van der Waals surface area (Å²) in [4.78, 5) is 73.7. The zero-order chi connectivity index (χ0) is 36.5. The Kier molecular flexibility index (Phi) is 13.8. The summed E-state index contributed by atoms with van der Waals surface area (Å²) in [6.07, 6.45) is 4.53. The smallest absolute Gasteiger partial charge is 0.318 e. The molecule has 2 fully saturated rings. The molecule has 0 saturated carbocycles. The number of thiazole rings is 1. The molecule has 0 spiro atoms. The van der Waals surface area contributed by atoms with Crippen LogP contribution >= 0.6 is 11.3 Å². The monoisotopic (exact) mass is 711 g/mol. The lowest BCUT2D eigenvalue weighted by atomic mass is 9.95. The fraction of sp³-hybridized carbons (Fsp3) is 0.611. The molecule has 2 aliphatic rings. The third-order valence-corrected chi connectivity index (χ3v) is 11.2. The van der Waals surface area contributed by atoms with Gasteiger partial charge in [-0.05, 0) is 64.1 Å². The lowest BCUT2D eigenvalue weighted by Crippen LogP contribution is -2.58. The van der Waals surface area contributed by atoms with Gasteiger partial charge in [-0.3, -0.25) is 24.1 Å². The summed E-state index contributed by atoms with van der Waals surface area (Å²) in [6.45, 7) is 8.26. The number of aromatic nitrogens is 1. The third kappa shape index (κ3) is 9.59. The van der Waals surface area contributed by atoms with Crippen LogP contribution in [-0.4, -0.2) is 100 Å². The Bertz CT molecular complexity index is 1490. The lowest BCUT2D eigenvalue weighted by Gasteiger charge is -2.34. The van der Waals surface area contributed by atoms with Crippen LogP contribution in [0.15, 0.2) is 35.7 Å². The minimum absolute atomic E-state index is 0.111. The Balaban J connectivity index is 1.49. The van der Waals surface area contributed by atoms with E-state index in [1.54, 1.807) is 24.3 Å². The van der Waals surface area contributed by atoms with Crippen molar-refractivity contribution in [2.24, 2.45) is 11.8 Å². The molecule has 1 aromatic heterocycles. The number of hydrogen-bond donors (Lipinski definition) is 5. The molecule has 4 rings (SSSR count). The molecule has 13 nitrogen and oxygen atoms in total. The third-order valence-electron chi connectivity index (χ3n) is 10.2. The fourth-order valence-electron chi connectivity index (χ4n) is 6.94. The topological polar surface area (TPSA) is 173 Å². The summed E-state index contributed by atoms with van der Waals surface area (Å²) in [7, 11) is 3.48. The van der Waals surface area contributed by atoms with E-state index in [1.165, 1.54) is 11.3 Å². The maximum Gasteiger partial charge on any atom is 0.318 e. The van der Waals surface area contributed by atoms with E-state index < -0.39 is 48.0 Å². The van der Waals surface area contributed by atoms with Gasteiger partial charge in [-0.15, -0.1) is 11.3 Å². The average molecular weight is 712 g/mol. The Morgan fingerprint density at radius 3 is 2.44 bits per heavy atom. The zero-order valence-corrected chi connectivity index (χ0v) is 30.8. The van der Waals surface area contributed by atoms with E-state index in [2.05, 4.69) is 26.3 Å². The van der Waals surface area contributed by atoms with Gasteiger partial charge in [0.25, 0.3) is 5.91 Å². The summed E-state index contributed by atoms with van der Waals surface area (Å²) in [6, 6.07) is 6.44. The fourth-order valence-corrected chi connectivity index (χ4v) is 7.85. The van der Waals surface area contributed by atoms with Crippen LogP contribution in [-0.2, 0) is 20.8 Å². The van der Waals surface area contributed by atoms with Crippen LogP contribution in [0.5, 0.6) is 0 Å². The maximum atomic E-state index is 13.8. The molecule has 2 aliphatic heterocycles. The minimum atomic E-state index is -0.936. The van der Waals surface area contributed by atoms with E-state index in [0.717, 1.165) is 31.4 Å². The van der Waals surface area contributed by atoms with Crippen LogP contribution in [0.1, 0.15) is 93.3 Å². The van der Waals surface area contributed by atoms with Gasteiger partial charge in [-0.2, -0.15) is 0 Å². The Morgan fingerprint density at radius 2 is 1.80 bits per heavy atom. The molecule has 1 aromatic carbocycles. The van der Waals surface area contributed by atoms with E-state index in [9.17, 15) is 29.1 Å². The van der Waals surface area contributed by atoms with Crippen LogP contribution in [0.3, 0.4) is 0 Å². The first kappa shape index (κ1) is 38.8. The van der Waals surface area contributed by atoms with Gasteiger partial charge >= 0.3 is 12.0 Å².